The Hall–Kier alpha value is -2.33. The monoisotopic (exact) mass is 446 g/mol. The van der Waals surface area contributed by atoms with Crippen molar-refractivity contribution in [2.45, 2.75) is 43.0 Å². The first-order valence-electron chi connectivity index (χ1n) is 9.46. The van der Waals surface area contributed by atoms with Gasteiger partial charge in [0.2, 0.25) is 0 Å². The van der Waals surface area contributed by atoms with Gasteiger partial charge in [0.15, 0.2) is 0 Å². The van der Waals surface area contributed by atoms with Gasteiger partial charge in [0.1, 0.15) is 5.75 Å². The maximum Gasteiger partial charge on any atom is 0.573 e. The fourth-order valence-corrected chi connectivity index (χ4v) is 4.45. The van der Waals surface area contributed by atoms with Crippen molar-refractivity contribution in [2.24, 2.45) is 0 Å². The Morgan fingerprint density at radius 2 is 1.80 bits per heavy atom. The third-order valence-corrected chi connectivity index (χ3v) is 6.20. The smallest absolute Gasteiger partial charge is 0.406 e. The molecule has 3 rings (SSSR count). The lowest BCUT2D eigenvalue weighted by Crippen LogP contribution is -2.35. The zero-order chi connectivity index (χ0) is 21.8. The molecule has 30 heavy (non-hydrogen) atoms. The van der Waals surface area contributed by atoms with Crippen molar-refractivity contribution < 1.29 is 30.7 Å². The molecule has 0 fully saturated rings. The van der Waals surface area contributed by atoms with Crippen LogP contribution < -0.4 is 14.8 Å². The molecule has 0 aliphatic heterocycles. The van der Waals surface area contributed by atoms with Crippen LogP contribution in [0.15, 0.2) is 47.4 Å². The molecule has 1 atom stereocenters. The second-order valence-corrected chi connectivity index (χ2v) is 8.73. The van der Waals surface area contributed by atoms with E-state index in [0.717, 1.165) is 54.7 Å². The zero-order valence-electron chi connectivity index (χ0n) is 16.0. The first-order chi connectivity index (χ1) is 14.2. The fraction of sp³-hybridized carbons (Fsp3) is 0.400. The number of fused-ring (bicyclic) bond motifs is 1. The number of rotatable bonds is 8. The van der Waals surface area contributed by atoms with E-state index in [2.05, 4.69) is 14.8 Å². The largest absolute Gasteiger partial charge is 0.573 e. The molecule has 0 heterocycles. The number of anilines is 1. The van der Waals surface area contributed by atoms with E-state index in [-0.39, 0.29) is 17.6 Å². The average Bonchev–Trinajstić information content (AvgIpc) is 2.67. The molecule has 0 saturated carbocycles. The normalized spacial score (nSPS) is 16.7. The number of hydrogen-bond acceptors (Lipinski definition) is 4. The van der Waals surface area contributed by atoms with Crippen LogP contribution in [0.4, 0.5) is 23.2 Å². The van der Waals surface area contributed by atoms with E-state index >= 15 is 0 Å². The Morgan fingerprint density at radius 1 is 1.07 bits per heavy atom. The molecule has 2 aromatic carbocycles. The number of nitrogens with one attached hydrogen (secondary N) is 2. The van der Waals surface area contributed by atoms with Crippen LogP contribution in [0.25, 0.3) is 0 Å². The summed E-state index contributed by atoms with van der Waals surface area (Å²) in [7, 11) is -3.96. The lowest BCUT2D eigenvalue weighted by Gasteiger charge is -2.26. The van der Waals surface area contributed by atoms with Crippen LogP contribution in [0, 0.1) is 0 Å². The summed E-state index contributed by atoms with van der Waals surface area (Å²) >= 11 is 0. The highest BCUT2D eigenvalue weighted by Crippen LogP contribution is 2.27. The summed E-state index contributed by atoms with van der Waals surface area (Å²) < 4.78 is 80.2. The molecule has 2 N–H and O–H groups in total. The van der Waals surface area contributed by atoms with Crippen molar-refractivity contribution in [1.82, 2.24) is 5.32 Å². The van der Waals surface area contributed by atoms with Crippen molar-refractivity contribution in [1.29, 1.82) is 0 Å². The summed E-state index contributed by atoms with van der Waals surface area (Å²) in [5.41, 5.74) is 2.52. The van der Waals surface area contributed by atoms with Crippen LogP contribution in [-0.4, -0.2) is 34.0 Å². The minimum Gasteiger partial charge on any atom is -0.406 e. The molecule has 0 unspecified atom stereocenters. The van der Waals surface area contributed by atoms with Gasteiger partial charge in [0.25, 0.3) is 10.0 Å². The van der Waals surface area contributed by atoms with Gasteiger partial charge < -0.3 is 10.1 Å². The van der Waals surface area contributed by atoms with Gasteiger partial charge in [-0.3, -0.25) is 9.11 Å². The molecule has 10 heteroatoms. The predicted octanol–water partition coefficient (Wildman–Crippen LogP) is 4.19. The van der Waals surface area contributed by atoms with Crippen LogP contribution in [-0.2, 0) is 22.9 Å². The number of benzene rings is 2. The van der Waals surface area contributed by atoms with E-state index < -0.39 is 22.1 Å². The molecule has 0 amide bonds. The minimum atomic E-state index is -4.84. The zero-order valence-corrected chi connectivity index (χ0v) is 16.8. The summed E-state index contributed by atoms with van der Waals surface area (Å²) in [6.07, 6.45) is -1.94. The van der Waals surface area contributed by atoms with Crippen LogP contribution in [0.3, 0.4) is 0 Å². The van der Waals surface area contributed by atoms with Crippen molar-refractivity contribution in [2.75, 3.05) is 17.9 Å². The number of aryl methyl sites for hydroxylation is 1. The highest BCUT2D eigenvalue weighted by atomic mass is 32.2. The van der Waals surface area contributed by atoms with Gasteiger partial charge in [-0.15, -0.1) is 13.2 Å². The van der Waals surface area contributed by atoms with Gasteiger partial charge in [-0.1, -0.05) is 6.07 Å². The summed E-state index contributed by atoms with van der Waals surface area (Å²) in [5, 5.41) is 3.32. The van der Waals surface area contributed by atoms with Gasteiger partial charge in [0.05, 0.1) is 11.6 Å². The molecule has 1 aliphatic rings. The van der Waals surface area contributed by atoms with Crippen LogP contribution in [0.2, 0.25) is 0 Å². The number of ether oxygens (including phenoxy) is 1. The minimum absolute atomic E-state index is 0.174. The number of hydrogen-bond donors (Lipinski definition) is 2. The first-order valence-corrected chi connectivity index (χ1v) is 10.9. The van der Waals surface area contributed by atoms with Gasteiger partial charge in [-0.2, -0.15) is 0 Å². The highest BCUT2D eigenvalue weighted by molar-refractivity contribution is 7.92. The Morgan fingerprint density at radius 3 is 2.47 bits per heavy atom. The third kappa shape index (κ3) is 6.09. The third-order valence-electron chi connectivity index (χ3n) is 4.80. The van der Waals surface area contributed by atoms with Gasteiger partial charge >= 0.3 is 6.36 Å². The molecule has 5 nitrogen and oxygen atoms in total. The second-order valence-electron chi connectivity index (χ2n) is 7.04. The molecule has 0 bridgehead atoms. The quantitative estimate of drug-likeness (QED) is 0.471. The van der Waals surface area contributed by atoms with Gasteiger partial charge in [0, 0.05) is 11.7 Å². The van der Waals surface area contributed by atoms with Crippen molar-refractivity contribution in [3.8, 4) is 5.75 Å². The summed E-state index contributed by atoms with van der Waals surface area (Å²) in [4.78, 5) is -0.174. The molecular formula is C20H22F4N2O3S. The maximum absolute atomic E-state index is 12.6. The number of sulfonamides is 1. The van der Waals surface area contributed by atoms with Gasteiger partial charge in [-0.25, -0.2) is 8.42 Å². The van der Waals surface area contributed by atoms with Crippen molar-refractivity contribution >= 4 is 15.7 Å². The van der Waals surface area contributed by atoms with Crippen molar-refractivity contribution in [3.05, 3.63) is 53.6 Å². The van der Waals surface area contributed by atoms with Crippen LogP contribution in [0.5, 0.6) is 5.75 Å². The molecule has 0 radical (unpaired) electrons. The SMILES string of the molecule is O=S(=O)(Nc1ccc2c(c1)CC[C@H](NCCCF)C2)c1ccc(OC(F)(F)F)cc1. The Balaban J connectivity index is 1.66. The Kier molecular flexibility index (Phi) is 6.87. The van der Waals surface area contributed by atoms with E-state index in [4.69, 9.17) is 0 Å². The fourth-order valence-electron chi connectivity index (χ4n) is 3.40. The first kappa shape index (κ1) is 22.4. The second kappa shape index (κ2) is 9.22. The average molecular weight is 446 g/mol. The molecule has 2 aromatic rings. The standard InChI is InChI=1S/C20H22F4N2O3S/c21-10-1-11-25-16-4-2-15-13-17(5-3-14(15)12-16)26-30(27,28)19-8-6-18(7-9-19)29-20(22,23)24/h3,5-9,13,16,25-26H,1-2,4,10-12H2/t16-/m0/s1. The molecular weight excluding hydrogens is 424 g/mol. The summed E-state index contributed by atoms with van der Waals surface area (Å²) in [6, 6.07) is 9.55. The van der Waals surface area contributed by atoms with Crippen molar-refractivity contribution in [3.63, 3.8) is 0 Å². The van der Waals surface area contributed by atoms with E-state index in [1.54, 1.807) is 12.1 Å². The topological polar surface area (TPSA) is 67.4 Å². The lowest BCUT2D eigenvalue weighted by atomic mass is 9.88. The van der Waals surface area contributed by atoms with E-state index in [0.29, 0.717) is 18.7 Å². The van der Waals surface area contributed by atoms with Crippen LogP contribution in [0.1, 0.15) is 24.0 Å². The molecule has 0 aromatic heterocycles. The van der Waals surface area contributed by atoms with E-state index in [9.17, 15) is 26.0 Å². The van der Waals surface area contributed by atoms with E-state index in [1.165, 1.54) is 0 Å². The molecule has 1 aliphatic carbocycles. The summed E-state index contributed by atoms with van der Waals surface area (Å²) in [6.45, 7) is 0.277. The number of halogens is 4. The van der Waals surface area contributed by atoms with Crippen LogP contribution >= 0.6 is 0 Å². The Bertz CT molecular complexity index is 963. The predicted molar refractivity (Wildman–Crippen MR) is 105 cm³/mol. The highest BCUT2D eigenvalue weighted by Gasteiger charge is 2.31. The van der Waals surface area contributed by atoms with Gasteiger partial charge in [-0.05, 0) is 79.8 Å². The number of alkyl halides is 4. The molecule has 0 spiro atoms. The van der Waals surface area contributed by atoms with E-state index in [1.807, 2.05) is 6.07 Å². The Labute approximate surface area is 172 Å². The molecule has 0 saturated heterocycles. The maximum atomic E-state index is 12.6. The summed E-state index contributed by atoms with van der Waals surface area (Å²) in [5.74, 6) is -0.495. The lowest BCUT2D eigenvalue weighted by molar-refractivity contribution is -0.274. The molecule has 164 valence electrons.